The zero-order valence-corrected chi connectivity index (χ0v) is 16.8. The van der Waals surface area contributed by atoms with Gasteiger partial charge in [-0.2, -0.15) is 0 Å². The molecule has 2 aliphatic carbocycles. The molecule has 3 fully saturated rings. The fraction of sp³-hybridized carbons (Fsp3) is 0.800. The van der Waals surface area contributed by atoms with Crippen molar-refractivity contribution in [1.82, 2.24) is 4.90 Å². The zero-order valence-electron chi connectivity index (χ0n) is 16.0. The van der Waals surface area contributed by atoms with Crippen LogP contribution < -0.4 is 5.73 Å². The van der Waals surface area contributed by atoms with Crippen LogP contribution in [0.3, 0.4) is 0 Å². The summed E-state index contributed by atoms with van der Waals surface area (Å²) in [5.41, 5.74) is 5.12. The minimum absolute atomic E-state index is 0.00701. The van der Waals surface area contributed by atoms with Gasteiger partial charge in [0.25, 0.3) is 5.91 Å². The summed E-state index contributed by atoms with van der Waals surface area (Å²) >= 11 is 1.68. The Balaban J connectivity index is 1.32. The number of hydrogen-bond acceptors (Lipinski definition) is 4. The van der Waals surface area contributed by atoms with Crippen LogP contribution in [0.4, 0.5) is 0 Å². The normalized spacial score (nSPS) is 36.3. The van der Waals surface area contributed by atoms with E-state index in [4.69, 9.17) is 5.73 Å². The van der Waals surface area contributed by atoms with Gasteiger partial charge in [-0.25, -0.2) is 4.99 Å². The first-order valence-corrected chi connectivity index (χ1v) is 11.0. The molecule has 2 N–H and O–H groups in total. The maximum atomic E-state index is 12.8. The number of amides is 3. The quantitative estimate of drug-likeness (QED) is 0.728. The van der Waals surface area contributed by atoms with Crippen LogP contribution >= 0.6 is 11.8 Å². The molecule has 2 saturated carbocycles. The maximum absolute atomic E-state index is 12.8. The van der Waals surface area contributed by atoms with Crippen molar-refractivity contribution in [3.05, 3.63) is 0 Å². The molecule has 2 bridgehead atoms. The monoisotopic (exact) mass is 391 g/mol. The smallest absolute Gasteiger partial charge is 0.263 e. The molecular formula is C20H29N3O3S. The van der Waals surface area contributed by atoms with Crippen molar-refractivity contribution in [2.75, 3.05) is 13.1 Å². The summed E-state index contributed by atoms with van der Waals surface area (Å²) in [4.78, 5) is 41.9. The Hall–Kier alpha value is -1.37. The van der Waals surface area contributed by atoms with Crippen molar-refractivity contribution in [3.63, 3.8) is 0 Å². The van der Waals surface area contributed by atoms with Crippen molar-refractivity contribution >= 4 is 34.5 Å². The van der Waals surface area contributed by atoms with Gasteiger partial charge in [-0.3, -0.25) is 14.4 Å². The van der Waals surface area contributed by atoms with Gasteiger partial charge in [-0.05, 0) is 69.1 Å². The van der Waals surface area contributed by atoms with Gasteiger partial charge in [0, 0.05) is 13.1 Å². The van der Waals surface area contributed by atoms with E-state index < -0.39 is 10.7 Å². The summed E-state index contributed by atoms with van der Waals surface area (Å²) in [6.45, 7) is 3.20. The fourth-order valence-corrected chi connectivity index (χ4v) is 7.12. The molecule has 2 heterocycles. The lowest BCUT2D eigenvalue weighted by Gasteiger charge is -2.38. The zero-order chi connectivity index (χ0) is 19.2. The Morgan fingerprint density at radius 1 is 1.22 bits per heavy atom. The van der Waals surface area contributed by atoms with E-state index in [1.54, 1.807) is 16.7 Å². The Morgan fingerprint density at radius 2 is 1.96 bits per heavy atom. The molecule has 148 valence electrons. The third-order valence-corrected chi connectivity index (χ3v) is 8.68. The van der Waals surface area contributed by atoms with Crippen LogP contribution in [0.25, 0.3) is 0 Å². The second-order valence-corrected chi connectivity index (χ2v) is 10.5. The SMILES string of the molecule is CC1(C2CCN(C(=O)CC(N)=O)CC2)SC(C[C@H]2C[C@@H]3CC[C@H]2C3)=NC1=O. The first kappa shape index (κ1) is 19.0. The summed E-state index contributed by atoms with van der Waals surface area (Å²) in [7, 11) is 0. The van der Waals surface area contributed by atoms with Gasteiger partial charge in [0.2, 0.25) is 11.8 Å². The van der Waals surface area contributed by atoms with E-state index >= 15 is 0 Å². The summed E-state index contributed by atoms with van der Waals surface area (Å²) < 4.78 is -0.494. The number of hydrogen-bond donors (Lipinski definition) is 1. The fourth-order valence-electron chi connectivity index (χ4n) is 5.67. The number of primary amides is 1. The molecule has 1 saturated heterocycles. The molecular weight excluding hydrogens is 362 g/mol. The lowest BCUT2D eigenvalue weighted by atomic mass is 9.84. The van der Waals surface area contributed by atoms with Crippen LogP contribution in [0.5, 0.6) is 0 Å². The number of nitrogens with zero attached hydrogens (tertiary/aromatic N) is 2. The van der Waals surface area contributed by atoms with Crippen LogP contribution in [0, 0.1) is 23.7 Å². The third-order valence-electron chi connectivity index (χ3n) is 7.25. The number of carbonyl (C=O) groups is 3. The molecule has 0 aromatic heterocycles. The van der Waals surface area contributed by atoms with Crippen LogP contribution in [0.15, 0.2) is 4.99 Å². The molecule has 27 heavy (non-hydrogen) atoms. The van der Waals surface area contributed by atoms with E-state index in [1.807, 2.05) is 6.92 Å². The van der Waals surface area contributed by atoms with Crippen LogP contribution in [-0.2, 0) is 14.4 Å². The highest BCUT2D eigenvalue weighted by molar-refractivity contribution is 8.16. The van der Waals surface area contributed by atoms with Crippen molar-refractivity contribution in [3.8, 4) is 0 Å². The minimum atomic E-state index is -0.589. The number of fused-ring (bicyclic) bond motifs is 2. The molecule has 2 aliphatic heterocycles. The second kappa shape index (κ2) is 7.22. The average molecular weight is 392 g/mol. The Kier molecular flexibility index (Phi) is 5.08. The first-order chi connectivity index (χ1) is 12.8. The predicted molar refractivity (Wildman–Crippen MR) is 105 cm³/mol. The largest absolute Gasteiger partial charge is 0.369 e. The highest BCUT2D eigenvalue weighted by Gasteiger charge is 2.49. The van der Waals surface area contributed by atoms with Gasteiger partial charge in [0.05, 0.1) is 5.04 Å². The summed E-state index contributed by atoms with van der Waals surface area (Å²) in [6, 6.07) is 0. The van der Waals surface area contributed by atoms with Gasteiger partial charge >= 0.3 is 0 Å². The van der Waals surface area contributed by atoms with Crippen molar-refractivity contribution in [2.24, 2.45) is 34.4 Å². The first-order valence-electron chi connectivity index (χ1n) is 10.2. The van der Waals surface area contributed by atoms with Gasteiger partial charge in [0.15, 0.2) is 0 Å². The molecule has 6 nitrogen and oxygen atoms in total. The number of piperidine rings is 1. The number of thioether (sulfide) groups is 1. The molecule has 0 radical (unpaired) electrons. The summed E-state index contributed by atoms with van der Waals surface area (Å²) in [6.07, 6.45) is 7.74. The van der Waals surface area contributed by atoms with Crippen LogP contribution in [-0.4, -0.2) is 45.5 Å². The minimum Gasteiger partial charge on any atom is -0.369 e. The predicted octanol–water partition coefficient (Wildman–Crippen LogP) is 2.36. The molecule has 0 aromatic rings. The highest BCUT2D eigenvalue weighted by Crippen LogP contribution is 2.52. The van der Waals surface area contributed by atoms with E-state index in [0.29, 0.717) is 13.1 Å². The number of aliphatic imine (C=N–C) groups is 1. The summed E-state index contributed by atoms with van der Waals surface area (Å²) in [5, 5.41) is 1.03. The van der Waals surface area contributed by atoms with E-state index in [1.165, 1.54) is 25.7 Å². The van der Waals surface area contributed by atoms with E-state index in [9.17, 15) is 14.4 Å². The molecule has 4 atom stereocenters. The molecule has 7 heteroatoms. The van der Waals surface area contributed by atoms with Gasteiger partial charge in [-0.1, -0.05) is 18.2 Å². The Morgan fingerprint density at radius 3 is 2.56 bits per heavy atom. The maximum Gasteiger partial charge on any atom is 0.263 e. The van der Waals surface area contributed by atoms with E-state index in [2.05, 4.69) is 4.99 Å². The molecule has 4 rings (SSSR count). The lowest BCUT2D eigenvalue weighted by Crippen LogP contribution is -2.46. The van der Waals surface area contributed by atoms with Crippen molar-refractivity contribution in [1.29, 1.82) is 0 Å². The van der Waals surface area contributed by atoms with Crippen molar-refractivity contribution < 1.29 is 14.4 Å². The molecule has 0 aromatic carbocycles. The Bertz CT molecular complexity index is 686. The van der Waals surface area contributed by atoms with Gasteiger partial charge < -0.3 is 10.6 Å². The number of rotatable bonds is 5. The lowest BCUT2D eigenvalue weighted by molar-refractivity contribution is -0.136. The third kappa shape index (κ3) is 3.67. The summed E-state index contributed by atoms with van der Waals surface area (Å²) in [5.74, 6) is 1.91. The number of carbonyl (C=O) groups excluding carboxylic acids is 3. The molecule has 4 aliphatic rings. The molecule has 3 amide bonds. The van der Waals surface area contributed by atoms with Gasteiger partial charge in [-0.15, -0.1) is 0 Å². The highest BCUT2D eigenvalue weighted by atomic mass is 32.2. The topological polar surface area (TPSA) is 92.8 Å². The number of nitrogens with two attached hydrogens (primary N) is 1. The second-order valence-electron chi connectivity index (χ2n) is 8.96. The van der Waals surface area contributed by atoms with Crippen molar-refractivity contribution in [2.45, 2.75) is 63.0 Å². The Labute approximate surface area is 164 Å². The van der Waals surface area contributed by atoms with Gasteiger partial charge in [0.1, 0.15) is 11.2 Å². The molecule has 0 spiro atoms. The average Bonchev–Trinajstić information content (AvgIpc) is 3.30. The van der Waals surface area contributed by atoms with E-state index in [-0.39, 0.29) is 24.2 Å². The molecule has 1 unspecified atom stereocenters. The number of likely N-dealkylation sites (tertiary alicyclic amines) is 1. The van der Waals surface area contributed by atoms with Crippen LogP contribution in [0.1, 0.15) is 58.3 Å². The standard InChI is InChI=1S/C20H29N3O3S/c1-20(15-4-6-23(7-5-15)18(25)11-16(21)24)19(26)22-17(27-20)10-14-9-12-2-3-13(14)8-12/h12-15H,2-11H2,1H3,(H2,21,24)/t12-,13+,14-,20?/m1/s1. The van der Waals surface area contributed by atoms with Crippen LogP contribution in [0.2, 0.25) is 0 Å². The van der Waals surface area contributed by atoms with E-state index in [0.717, 1.165) is 42.1 Å².